The molecule has 0 heterocycles. The van der Waals surface area contributed by atoms with Gasteiger partial charge in [-0.15, -0.1) is 6.42 Å². The van der Waals surface area contributed by atoms with Gasteiger partial charge in [0.1, 0.15) is 0 Å². The fourth-order valence-electron chi connectivity index (χ4n) is 3.18. The SMILES string of the molecule is C#Cc1cccc(NC(=O)CN(C)C(=O)CNC(=O)Cc2cccc3ccccc23)c1. The van der Waals surface area contributed by atoms with Crippen molar-refractivity contribution in [2.45, 2.75) is 6.42 Å². The van der Waals surface area contributed by atoms with Crippen LogP contribution in [0.5, 0.6) is 0 Å². The van der Waals surface area contributed by atoms with Gasteiger partial charge in [-0.1, -0.05) is 54.5 Å². The van der Waals surface area contributed by atoms with Gasteiger partial charge in [0, 0.05) is 18.3 Å². The zero-order valence-electron chi connectivity index (χ0n) is 17.2. The Labute approximate surface area is 181 Å². The van der Waals surface area contributed by atoms with E-state index in [1.54, 1.807) is 24.3 Å². The van der Waals surface area contributed by atoms with Gasteiger partial charge in [-0.2, -0.15) is 0 Å². The number of hydrogen-bond acceptors (Lipinski definition) is 3. The highest BCUT2D eigenvalue weighted by Gasteiger charge is 2.15. The Hall–Kier alpha value is -4.11. The maximum atomic E-state index is 12.3. The van der Waals surface area contributed by atoms with Crippen molar-refractivity contribution in [1.82, 2.24) is 10.2 Å². The second-order valence-corrected chi connectivity index (χ2v) is 7.11. The van der Waals surface area contributed by atoms with Gasteiger partial charge in [-0.05, 0) is 34.5 Å². The van der Waals surface area contributed by atoms with E-state index in [2.05, 4.69) is 16.6 Å². The van der Waals surface area contributed by atoms with Crippen LogP contribution in [0.15, 0.2) is 66.7 Å². The van der Waals surface area contributed by atoms with Crippen LogP contribution < -0.4 is 10.6 Å². The van der Waals surface area contributed by atoms with Crippen molar-refractivity contribution in [3.05, 3.63) is 77.9 Å². The average molecular weight is 413 g/mol. The summed E-state index contributed by atoms with van der Waals surface area (Å²) in [6.07, 6.45) is 5.52. The number of benzene rings is 3. The molecule has 0 spiro atoms. The summed E-state index contributed by atoms with van der Waals surface area (Å²) in [5.74, 6) is 1.53. The topological polar surface area (TPSA) is 78.5 Å². The van der Waals surface area contributed by atoms with Crippen LogP contribution in [0.2, 0.25) is 0 Å². The number of terminal acetylenes is 1. The number of likely N-dealkylation sites (N-methyl/N-ethyl adjacent to an activating group) is 1. The van der Waals surface area contributed by atoms with Crippen molar-refractivity contribution < 1.29 is 14.4 Å². The summed E-state index contributed by atoms with van der Waals surface area (Å²) < 4.78 is 0. The fraction of sp³-hybridized carbons (Fsp3) is 0.160. The molecule has 0 atom stereocenters. The third-order valence-electron chi connectivity index (χ3n) is 4.79. The van der Waals surface area contributed by atoms with Crippen molar-refractivity contribution in [2.24, 2.45) is 0 Å². The summed E-state index contributed by atoms with van der Waals surface area (Å²) in [4.78, 5) is 38.1. The number of hydrogen-bond donors (Lipinski definition) is 2. The quantitative estimate of drug-likeness (QED) is 0.585. The molecule has 0 fully saturated rings. The molecule has 156 valence electrons. The molecule has 3 amide bonds. The van der Waals surface area contributed by atoms with Crippen molar-refractivity contribution in [1.29, 1.82) is 0 Å². The number of carbonyl (C=O) groups excluding carboxylic acids is 3. The van der Waals surface area contributed by atoms with Crippen LogP contribution in [0, 0.1) is 12.3 Å². The van der Waals surface area contributed by atoms with Gasteiger partial charge >= 0.3 is 0 Å². The Morgan fingerprint density at radius 3 is 2.52 bits per heavy atom. The highest BCUT2D eigenvalue weighted by Crippen LogP contribution is 2.18. The first-order valence-electron chi connectivity index (χ1n) is 9.80. The van der Waals surface area contributed by atoms with E-state index in [9.17, 15) is 14.4 Å². The Kier molecular flexibility index (Phi) is 7.02. The van der Waals surface area contributed by atoms with Gasteiger partial charge in [0.25, 0.3) is 0 Å². The van der Waals surface area contributed by atoms with Gasteiger partial charge in [-0.3, -0.25) is 14.4 Å². The minimum absolute atomic E-state index is 0.141. The molecular formula is C25H23N3O3. The zero-order chi connectivity index (χ0) is 22.2. The summed E-state index contributed by atoms with van der Waals surface area (Å²) in [6, 6.07) is 20.5. The van der Waals surface area contributed by atoms with Crippen LogP contribution in [0.25, 0.3) is 10.8 Å². The van der Waals surface area contributed by atoms with Gasteiger partial charge in [0.15, 0.2) is 0 Å². The highest BCUT2D eigenvalue weighted by atomic mass is 16.2. The lowest BCUT2D eigenvalue weighted by Gasteiger charge is -2.17. The van der Waals surface area contributed by atoms with Crippen molar-refractivity contribution in [2.75, 3.05) is 25.5 Å². The van der Waals surface area contributed by atoms with Crippen LogP contribution in [0.4, 0.5) is 5.69 Å². The first kappa shape index (κ1) is 21.6. The normalized spacial score (nSPS) is 10.2. The van der Waals surface area contributed by atoms with E-state index < -0.39 is 0 Å². The average Bonchev–Trinajstić information content (AvgIpc) is 2.77. The molecule has 6 nitrogen and oxygen atoms in total. The molecule has 0 aromatic heterocycles. The molecule has 3 aromatic carbocycles. The summed E-state index contributed by atoms with van der Waals surface area (Å²) in [6.45, 7) is -0.321. The third kappa shape index (κ3) is 5.94. The second kappa shape index (κ2) is 10.1. The van der Waals surface area contributed by atoms with Gasteiger partial charge < -0.3 is 15.5 Å². The number of amides is 3. The number of anilines is 1. The second-order valence-electron chi connectivity index (χ2n) is 7.11. The molecule has 0 aliphatic heterocycles. The van der Waals surface area contributed by atoms with Gasteiger partial charge in [0.2, 0.25) is 17.7 Å². The molecule has 0 saturated carbocycles. The van der Waals surface area contributed by atoms with E-state index in [-0.39, 0.29) is 37.2 Å². The lowest BCUT2D eigenvalue weighted by atomic mass is 10.0. The molecule has 0 aliphatic rings. The first-order chi connectivity index (χ1) is 15.0. The minimum Gasteiger partial charge on any atom is -0.347 e. The number of rotatable bonds is 7. The van der Waals surface area contributed by atoms with Crippen LogP contribution in [-0.2, 0) is 20.8 Å². The van der Waals surface area contributed by atoms with Crippen molar-refractivity contribution >= 4 is 34.2 Å². The van der Waals surface area contributed by atoms with Crippen LogP contribution in [0.3, 0.4) is 0 Å². The molecule has 0 bridgehead atoms. The number of fused-ring (bicyclic) bond motifs is 1. The van der Waals surface area contributed by atoms with Crippen LogP contribution in [-0.4, -0.2) is 42.8 Å². The van der Waals surface area contributed by atoms with E-state index >= 15 is 0 Å². The number of carbonyl (C=O) groups is 3. The van der Waals surface area contributed by atoms with E-state index in [1.165, 1.54) is 11.9 Å². The number of nitrogens with one attached hydrogen (secondary N) is 2. The maximum absolute atomic E-state index is 12.3. The molecule has 6 heteroatoms. The smallest absolute Gasteiger partial charge is 0.243 e. The predicted octanol–water partition coefficient (Wildman–Crippen LogP) is 2.58. The molecule has 0 saturated heterocycles. The Bertz CT molecular complexity index is 1160. The van der Waals surface area contributed by atoms with E-state index in [0.29, 0.717) is 11.3 Å². The Morgan fingerprint density at radius 2 is 1.71 bits per heavy atom. The molecule has 0 radical (unpaired) electrons. The molecule has 31 heavy (non-hydrogen) atoms. The predicted molar refractivity (Wildman–Crippen MR) is 121 cm³/mol. The molecule has 0 unspecified atom stereocenters. The summed E-state index contributed by atoms with van der Waals surface area (Å²) in [7, 11) is 1.51. The summed E-state index contributed by atoms with van der Waals surface area (Å²) in [5, 5.41) is 7.40. The molecule has 0 aliphatic carbocycles. The Morgan fingerprint density at radius 1 is 0.968 bits per heavy atom. The molecule has 3 rings (SSSR count). The molecular weight excluding hydrogens is 390 g/mol. The largest absolute Gasteiger partial charge is 0.347 e. The van der Waals surface area contributed by atoms with E-state index in [4.69, 9.17) is 6.42 Å². The van der Waals surface area contributed by atoms with Crippen molar-refractivity contribution in [3.8, 4) is 12.3 Å². The van der Waals surface area contributed by atoms with E-state index in [0.717, 1.165) is 16.3 Å². The van der Waals surface area contributed by atoms with Crippen molar-refractivity contribution in [3.63, 3.8) is 0 Å². The third-order valence-corrected chi connectivity index (χ3v) is 4.79. The summed E-state index contributed by atoms with van der Waals surface area (Å²) in [5.41, 5.74) is 2.10. The fourth-order valence-corrected chi connectivity index (χ4v) is 3.18. The van der Waals surface area contributed by atoms with Gasteiger partial charge in [0.05, 0.1) is 19.5 Å². The zero-order valence-corrected chi connectivity index (χ0v) is 17.2. The first-order valence-corrected chi connectivity index (χ1v) is 9.80. The summed E-state index contributed by atoms with van der Waals surface area (Å²) >= 11 is 0. The lowest BCUT2D eigenvalue weighted by molar-refractivity contribution is -0.134. The lowest BCUT2D eigenvalue weighted by Crippen LogP contribution is -2.41. The number of nitrogens with zero attached hydrogens (tertiary/aromatic N) is 1. The van der Waals surface area contributed by atoms with Crippen LogP contribution >= 0.6 is 0 Å². The molecule has 3 aromatic rings. The maximum Gasteiger partial charge on any atom is 0.243 e. The van der Waals surface area contributed by atoms with Gasteiger partial charge in [-0.25, -0.2) is 0 Å². The Balaban J connectivity index is 1.48. The van der Waals surface area contributed by atoms with E-state index in [1.807, 2.05) is 42.5 Å². The highest BCUT2D eigenvalue weighted by molar-refractivity contribution is 5.95. The minimum atomic E-state index is -0.362. The molecule has 2 N–H and O–H groups in total. The van der Waals surface area contributed by atoms with Crippen LogP contribution in [0.1, 0.15) is 11.1 Å². The monoisotopic (exact) mass is 413 g/mol. The standard InChI is InChI=1S/C25H23N3O3/c1-3-18-8-6-12-21(14-18)27-24(30)17-28(2)25(31)16-26-23(29)15-20-11-7-10-19-9-4-5-13-22(19)20/h1,4-14H,15-17H2,2H3,(H,26,29)(H,27,30).